The Morgan fingerprint density at radius 3 is 2.35 bits per heavy atom. The summed E-state index contributed by atoms with van der Waals surface area (Å²) in [5, 5.41) is -0.616. The van der Waals surface area contributed by atoms with E-state index < -0.39 is 32.4 Å². The fraction of sp³-hybridized carbons (Fsp3) is 0.500. The Morgan fingerprint density at radius 1 is 1.30 bits per heavy atom. The summed E-state index contributed by atoms with van der Waals surface area (Å²) in [6.45, 7) is 5.13. The van der Waals surface area contributed by atoms with Gasteiger partial charge in [0.05, 0.1) is 12.4 Å². The van der Waals surface area contributed by atoms with Gasteiger partial charge in [-0.25, -0.2) is 12.8 Å². The number of hydrogen-bond acceptors (Lipinski definition) is 4. The molecule has 1 aromatic carbocycles. The van der Waals surface area contributed by atoms with E-state index in [2.05, 4.69) is 0 Å². The largest absolute Gasteiger partial charge is 0.494 e. The smallest absolute Gasteiger partial charge is 0.177 e. The summed E-state index contributed by atoms with van der Waals surface area (Å²) in [6.07, 6.45) is 0. The Balaban J connectivity index is 2.95. The second kappa shape index (κ2) is 6.35. The molecule has 0 aliphatic rings. The molecule has 0 fully saturated rings. The Morgan fingerprint density at radius 2 is 1.90 bits per heavy atom. The molecule has 0 bridgehead atoms. The summed E-state index contributed by atoms with van der Waals surface area (Å²) in [5.74, 6) is -1.98. The van der Waals surface area contributed by atoms with Gasteiger partial charge in [-0.3, -0.25) is 4.79 Å². The monoisotopic (exact) mass is 302 g/mol. The molecule has 0 radical (unpaired) electrons. The topological polar surface area (TPSA) is 60.4 Å². The molecule has 112 valence electrons. The van der Waals surface area contributed by atoms with Gasteiger partial charge in [0.25, 0.3) is 0 Å². The minimum absolute atomic E-state index is 0.0138. The lowest BCUT2D eigenvalue weighted by Gasteiger charge is -2.15. The van der Waals surface area contributed by atoms with Crippen LogP contribution in [0.1, 0.15) is 31.1 Å². The maximum absolute atomic E-state index is 13.5. The van der Waals surface area contributed by atoms with Crippen molar-refractivity contribution < 1.29 is 22.3 Å². The number of halogens is 1. The van der Waals surface area contributed by atoms with E-state index in [1.165, 1.54) is 19.2 Å². The van der Waals surface area contributed by atoms with Crippen molar-refractivity contribution in [1.82, 2.24) is 0 Å². The van der Waals surface area contributed by atoms with Gasteiger partial charge in [0.15, 0.2) is 27.2 Å². The van der Waals surface area contributed by atoms with Crippen molar-refractivity contribution in [2.24, 2.45) is 5.92 Å². The molecular weight excluding hydrogens is 283 g/mol. The normalized spacial score (nSPS) is 13.3. The number of ketones is 1. The molecule has 20 heavy (non-hydrogen) atoms. The maximum Gasteiger partial charge on any atom is 0.177 e. The first-order valence-corrected chi connectivity index (χ1v) is 7.99. The highest BCUT2D eigenvalue weighted by molar-refractivity contribution is 7.92. The fourth-order valence-electron chi connectivity index (χ4n) is 1.65. The number of carbonyl (C=O) groups is 1. The van der Waals surface area contributed by atoms with Crippen LogP contribution in [0, 0.1) is 11.7 Å². The zero-order valence-corrected chi connectivity index (χ0v) is 12.8. The molecular formula is C14H19FO4S. The zero-order chi connectivity index (χ0) is 15.5. The van der Waals surface area contributed by atoms with E-state index in [-0.39, 0.29) is 17.2 Å². The molecule has 0 N–H and O–H groups in total. The molecule has 0 saturated carbocycles. The molecule has 6 heteroatoms. The van der Waals surface area contributed by atoms with Gasteiger partial charge in [-0.15, -0.1) is 0 Å². The summed E-state index contributed by atoms with van der Waals surface area (Å²) in [7, 11) is -2.22. The van der Waals surface area contributed by atoms with Gasteiger partial charge in [0, 0.05) is 5.56 Å². The minimum Gasteiger partial charge on any atom is -0.494 e. The summed E-state index contributed by atoms with van der Waals surface area (Å²) < 4.78 is 42.3. The third kappa shape index (κ3) is 3.79. The van der Waals surface area contributed by atoms with Gasteiger partial charge in [-0.2, -0.15) is 0 Å². The third-order valence-corrected chi connectivity index (χ3v) is 5.65. The zero-order valence-electron chi connectivity index (χ0n) is 12.0. The van der Waals surface area contributed by atoms with Crippen LogP contribution >= 0.6 is 0 Å². The van der Waals surface area contributed by atoms with Crippen LogP contribution in [0.3, 0.4) is 0 Å². The average molecular weight is 302 g/mol. The summed E-state index contributed by atoms with van der Waals surface area (Å²) in [5.41, 5.74) is 0.0304. The average Bonchev–Trinajstić information content (AvgIpc) is 2.36. The van der Waals surface area contributed by atoms with Crippen molar-refractivity contribution in [3.8, 4) is 5.75 Å². The lowest BCUT2D eigenvalue weighted by Crippen LogP contribution is -2.29. The molecule has 4 nitrogen and oxygen atoms in total. The number of carbonyl (C=O) groups excluding carboxylic acids is 1. The first-order valence-electron chi connectivity index (χ1n) is 6.27. The highest BCUT2D eigenvalue weighted by atomic mass is 32.2. The van der Waals surface area contributed by atoms with E-state index in [9.17, 15) is 17.6 Å². The van der Waals surface area contributed by atoms with Gasteiger partial charge < -0.3 is 4.74 Å². The van der Waals surface area contributed by atoms with Crippen LogP contribution in [-0.4, -0.2) is 32.3 Å². The van der Waals surface area contributed by atoms with Crippen molar-refractivity contribution in [2.75, 3.05) is 12.9 Å². The Bertz CT molecular complexity index is 593. The third-order valence-electron chi connectivity index (χ3n) is 3.31. The lowest BCUT2D eigenvalue weighted by molar-refractivity contribution is 0.102. The molecule has 0 spiro atoms. The van der Waals surface area contributed by atoms with Crippen LogP contribution in [0.15, 0.2) is 18.2 Å². The first kappa shape index (κ1) is 16.6. The van der Waals surface area contributed by atoms with Gasteiger partial charge in [-0.05, 0) is 31.0 Å². The quantitative estimate of drug-likeness (QED) is 0.757. The summed E-state index contributed by atoms with van der Waals surface area (Å²) in [4.78, 5) is 12.0. The predicted octanol–water partition coefficient (Wildman–Crippen LogP) is 2.48. The number of hydrogen-bond donors (Lipinski definition) is 0. The summed E-state index contributed by atoms with van der Waals surface area (Å²) >= 11 is 0. The molecule has 1 unspecified atom stereocenters. The maximum atomic E-state index is 13.5. The van der Waals surface area contributed by atoms with E-state index >= 15 is 0 Å². The number of methoxy groups -OCH3 is 1. The van der Waals surface area contributed by atoms with Gasteiger partial charge in [0.1, 0.15) is 5.75 Å². The minimum atomic E-state index is -3.54. The van der Waals surface area contributed by atoms with Crippen molar-refractivity contribution in [3.63, 3.8) is 0 Å². The highest BCUT2D eigenvalue weighted by Crippen LogP contribution is 2.19. The van der Waals surface area contributed by atoms with Crippen LogP contribution < -0.4 is 4.74 Å². The van der Waals surface area contributed by atoms with Crippen molar-refractivity contribution in [3.05, 3.63) is 29.6 Å². The Labute approximate surface area is 118 Å². The van der Waals surface area contributed by atoms with Crippen LogP contribution in [0.4, 0.5) is 4.39 Å². The highest BCUT2D eigenvalue weighted by Gasteiger charge is 2.27. The fourth-order valence-corrected chi connectivity index (χ4v) is 3.28. The van der Waals surface area contributed by atoms with Crippen molar-refractivity contribution in [2.45, 2.75) is 26.0 Å². The van der Waals surface area contributed by atoms with Gasteiger partial charge >= 0.3 is 0 Å². The molecule has 1 aromatic rings. The van der Waals surface area contributed by atoms with E-state index in [1.807, 2.05) is 0 Å². The number of sulfone groups is 1. The molecule has 1 rings (SSSR count). The van der Waals surface area contributed by atoms with Crippen LogP contribution in [0.25, 0.3) is 0 Å². The van der Waals surface area contributed by atoms with Crippen molar-refractivity contribution >= 4 is 15.6 Å². The second-order valence-corrected chi connectivity index (χ2v) is 7.39. The first-order chi connectivity index (χ1) is 9.19. The van der Waals surface area contributed by atoms with E-state index in [4.69, 9.17) is 4.74 Å². The van der Waals surface area contributed by atoms with E-state index in [0.29, 0.717) is 0 Å². The molecule has 0 aliphatic carbocycles. The lowest BCUT2D eigenvalue weighted by atomic mass is 10.1. The number of rotatable bonds is 6. The molecule has 0 aliphatic heterocycles. The van der Waals surface area contributed by atoms with E-state index in [0.717, 1.165) is 6.07 Å². The molecule has 0 aromatic heterocycles. The van der Waals surface area contributed by atoms with Gasteiger partial charge in [0.2, 0.25) is 0 Å². The van der Waals surface area contributed by atoms with Gasteiger partial charge in [-0.1, -0.05) is 13.8 Å². The van der Waals surface area contributed by atoms with Crippen LogP contribution in [0.5, 0.6) is 5.75 Å². The second-order valence-electron chi connectivity index (χ2n) is 5.03. The molecule has 0 saturated heterocycles. The number of Topliss-reactive ketones (excluding diaryl/α,β-unsaturated/α-hetero) is 1. The molecule has 1 atom stereocenters. The molecule has 0 amide bonds. The Kier molecular flexibility index (Phi) is 5.28. The predicted molar refractivity (Wildman–Crippen MR) is 75.4 cm³/mol. The van der Waals surface area contributed by atoms with E-state index in [1.54, 1.807) is 20.8 Å². The van der Waals surface area contributed by atoms with Crippen LogP contribution in [-0.2, 0) is 9.84 Å². The number of benzene rings is 1. The number of ether oxygens (including phenoxy) is 1. The van der Waals surface area contributed by atoms with Crippen LogP contribution in [0.2, 0.25) is 0 Å². The SMILES string of the molecule is COc1ccc(C(=O)CS(=O)(=O)C(C)C(C)C)cc1F. The molecule has 0 heterocycles. The van der Waals surface area contributed by atoms with Crippen molar-refractivity contribution in [1.29, 1.82) is 0 Å². The Hall–Kier alpha value is -1.43. The standard InChI is InChI=1S/C14H19FO4S/c1-9(2)10(3)20(17,18)8-13(16)11-5-6-14(19-4)12(15)7-11/h5-7,9-10H,8H2,1-4H3. The summed E-state index contributed by atoms with van der Waals surface area (Å²) in [6, 6.07) is 3.66.